The summed E-state index contributed by atoms with van der Waals surface area (Å²) in [7, 11) is -0.958. The van der Waals surface area contributed by atoms with Gasteiger partial charge in [-0.2, -0.15) is 0 Å². The Morgan fingerprint density at radius 1 is 0.906 bits per heavy atom. The van der Waals surface area contributed by atoms with Crippen LogP contribution < -0.4 is 16.4 Å². The van der Waals surface area contributed by atoms with E-state index in [0.29, 0.717) is 6.54 Å². The number of carbonyl (C=O) groups is 2. The van der Waals surface area contributed by atoms with Gasteiger partial charge in [0.15, 0.2) is 0 Å². The molecule has 10 heteroatoms. The van der Waals surface area contributed by atoms with E-state index in [1.165, 1.54) is 49.0 Å². The zero-order valence-electron chi connectivity index (χ0n) is 17.5. The van der Waals surface area contributed by atoms with Crippen molar-refractivity contribution in [2.75, 3.05) is 14.1 Å². The van der Waals surface area contributed by atoms with Crippen molar-refractivity contribution < 1.29 is 18.0 Å². The minimum atomic E-state index is -3.72. The van der Waals surface area contributed by atoms with Gasteiger partial charge < -0.3 is 4.57 Å². The molecule has 166 valence electrons. The maximum atomic E-state index is 12.7. The third kappa shape index (κ3) is 5.10. The van der Waals surface area contributed by atoms with Crippen molar-refractivity contribution in [1.29, 1.82) is 0 Å². The second kappa shape index (κ2) is 9.58. The summed E-state index contributed by atoms with van der Waals surface area (Å²) in [6, 6.07) is 17.6. The van der Waals surface area contributed by atoms with E-state index in [2.05, 4.69) is 10.9 Å². The highest BCUT2D eigenvalue weighted by molar-refractivity contribution is 7.89. The van der Waals surface area contributed by atoms with Gasteiger partial charge in [0.2, 0.25) is 10.0 Å². The van der Waals surface area contributed by atoms with Gasteiger partial charge in [-0.25, -0.2) is 12.7 Å². The van der Waals surface area contributed by atoms with Crippen LogP contribution in [0.1, 0.15) is 26.3 Å². The minimum absolute atomic E-state index is 0.0303. The number of pyridine rings is 1. The number of hydrazine groups is 1. The van der Waals surface area contributed by atoms with Crippen LogP contribution in [0.4, 0.5) is 0 Å². The topological polar surface area (TPSA) is 118 Å². The molecule has 0 unspecified atom stereocenters. The molecule has 2 aromatic carbocycles. The number of carbonyl (C=O) groups excluding carboxylic acids is 2. The second-order valence-electron chi connectivity index (χ2n) is 7.06. The van der Waals surface area contributed by atoms with Crippen LogP contribution in [0.2, 0.25) is 0 Å². The van der Waals surface area contributed by atoms with Crippen LogP contribution in [0.15, 0.2) is 82.6 Å². The molecular weight excluding hydrogens is 432 g/mol. The first-order valence-corrected chi connectivity index (χ1v) is 11.0. The molecule has 2 amide bonds. The van der Waals surface area contributed by atoms with Crippen molar-refractivity contribution in [2.45, 2.75) is 11.4 Å². The molecule has 0 aliphatic carbocycles. The van der Waals surface area contributed by atoms with Crippen molar-refractivity contribution in [3.05, 3.63) is 100.0 Å². The summed E-state index contributed by atoms with van der Waals surface area (Å²) in [4.78, 5) is 37.5. The van der Waals surface area contributed by atoms with Crippen molar-refractivity contribution >= 4 is 21.8 Å². The summed E-state index contributed by atoms with van der Waals surface area (Å²) < 4.78 is 26.9. The molecule has 2 N–H and O–H groups in total. The molecule has 0 fully saturated rings. The Morgan fingerprint density at radius 2 is 1.59 bits per heavy atom. The van der Waals surface area contributed by atoms with E-state index >= 15 is 0 Å². The van der Waals surface area contributed by atoms with Gasteiger partial charge in [-0.05, 0) is 35.9 Å². The molecule has 3 rings (SSSR count). The quantitative estimate of drug-likeness (QED) is 0.543. The van der Waals surface area contributed by atoms with Crippen LogP contribution in [0.5, 0.6) is 0 Å². The van der Waals surface area contributed by atoms with Gasteiger partial charge in [0, 0.05) is 25.9 Å². The first kappa shape index (κ1) is 22.9. The number of benzene rings is 2. The molecule has 3 aromatic rings. The molecule has 0 saturated carbocycles. The lowest BCUT2D eigenvalue weighted by molar-refractivity contribution is 0.0845. The number of nitrogens with one attached hydrogen (secondary N) is 2. The fraction of sp³-hybridized carbons (Fsp3) is 0.136. The predicted octanol–water partition coefficient (Wildman–Crippen LogP) is 1.22. The third-order valence-corrected chi connectivity index (χ3v) is 6.44. The first-order chi connectivity index (χ1) is 15.2. The average molecular weight is 455 g/mol. The number of sulfonamides is 1. The Balaban J connectivity index is 1.72. The molecule has 0 saturated heterocycles. The summed E-state index contributed by atoms with van der Waals surface area (Å²) in [5.74, 6) is -1.52. The summed E-state index contributed by atoms with van der Waals surface area (Å²) in [5.41, 5.74) is 4.67. The molecule has 9 nitrogen and oxygen atoms in total. The number of nitrogens with zero attached hydrogens (tertiary/aromatic N) is 2. The van der Waals surface area contributed by atoms with Gasteiger partial charge in [-0.3, -0.25) is 25.2 Å². The van der Waals surface area contributed by atoms with Crippen molar-refractivity contribution in [3.8, 4) is 0 Å². The van der Waals surface area contributed by atoms with E-state index < -0.39 is 27.4 Å². The monoisotopic (exact) mass is 454 g/mol. The van der Waals surface area contributed by atoms with Crippen molar-refractivity contribution in [3.63, 3.8) is 0 Å². The van der Waals surface area contributed by atoms with Gasteiger partial charge in [0.25, 0.3) is 17.4 Å². The average Bonchev–Trinajstić information content (AvgIpc) is 2.79. The van der Waals surface area contributed by atoms with Crippen molar-refractivity contribution in [2.24, 2.45) is 0 Å². The molecule has 0 spiro atoms. The Kier molecular flexibility index (Phi) is 6.86. The van der Waals surface area contributed by atoms with Crippen LogP contribution >= 0.6 is 0 Å². The lowest BCUT2D eigenvalue weighted by atomic mass is 10.2. The largest absolute Gasteiger partial charge is 0.310 e. The summed E-state index contributed by atoms with van der Waals surface area (Å²) >= 11 is 0. The molecular formula is C22H22N4O5S. The van der Waals surface area contributed by atoms with Gasteiger partial charge in [-0.1, -0.05) is 36.4 Å². The lowest BCUT2D eigenvalue weighted by Crippen LogP contribution is -2.44. The molecule has 0 aliphatic rings. The fourth-order valence-corrected chi connectivity index (χ4v) is 3.82. The summed E-state index contributed by atoms with van der Waals surface area (Å²) in [6.07, 6.45) is 1.57. The zero-order valence-corrected chi connectivity index (χ0v) is 18.3. The minimum Gasteiger partial charge on any atom is -0.310 e. The van der Waals surface area contributed by atoms with Crippen LogP contribution in [-0.4, -0.2) is 43.2 Å². The van der Waals surface area contributed by atoms with Crippen LogP contribution in [0.3, 0.4) is 0 Å². The number of amides is 2. The van der Waals surface area contributed by atoms with Crippen LogP contribution in [-0.2, 0) is 16.6 Å². The van der Waals surface area contributed by atoms with Gasteiger partial charge in [0.1, 0.15) is 5.56 Å². The molecule has 0 bridgehead atoms. The smallest absolute Gasteiger partial charge is 0.275 e. The number of hydrogen-bond acceptors (Lipinski definition) is 5. The maximum Gasteiger partial charge on any atom is 0.275 e. The SMILES string of the molecule is CN(C)S(=O)(=O)c1cccc(C(=O)NNC(=O)c2cccn(Cc3ccccc3)c2=O)c1. The highest BCUT2D eigenvalue weighted by atomic mass is 32.2. The third-order valence-electron chi connectivity index (χ3n) is 4.62. The van der Waals surface area contributed by atoms with Crippen LogP contribution in [0, 0.1) is 0 Å². The normalized spacial score (nSPS) is 11.2. The number of aromatic nitrogens is 1. The number of hydrogen-bond donors (Lipinski definition) is 2. The molecule has 0 aliphatic heterocycles. The molecule has 1 heterocycles. The fourth-order valence-electron chi connectivity index (χ4n) is 2.88. The lowest BCUT2D eigenvalue weighted by Gasteiger charge is -2.13. The van der Waals surface area contributed by atoms with E-state index in [0.717, 1.165) is 9.87 Å². The van der Waals surface area contributed by atoms with Gasteiger partial charge in [-0.15, -0.1) is 0 Å². The Bertz CT molecular complexity index is 1300. The Morgan fingerprint density at radius 3 is 2.28 bits per heavy atom. The molecule has 0 radical (unpaired) electrons. The van der Waals surface area contributed by atoms with Crippen LogP contribution in [0.25, 0.3) is 0 Å². The zero-order chi connectivity index (χ0) is 23.3. The van der Waals surface area contributed by atoms with E-state index in [-0.39, 0.29) is 16.0 Å². The van der Waals surface area contributed by atoms with Crippen molar-refractivity contribution in [1.82, 2.24) is 19.7 Å². The molecule has 0 atom stereocenters. The molecule has 32 heavy (non-hydrogen) atoms. The maximum absolute atomic E-state index is 12.7. The van der Waals surface area contributed by atoms with Gasteiger partial charge in [0.05, 0.1) is 11.4 Å². The molecule has 1 aromatic heterocycles. The Labute approximate surface area is 185 Å². The highest BCUT2D eigenvalue weighted by Gasteiger charge is 2.19. The predicted molar refractivity (Wildman–Crippen MR) is 118 cm³/mol. The summed E-state index contributed by atoms with van der Waals surface area (Å²) in [5, 5.41) is 0. The van der Waals surface area contributed by atoms with E-state index in [1.807, 2.05) is 30.3 Å². The number of rotatable bonds is 6. The standard InChI is InChI=1S/C22H22N4O5S/c1-25(2)32(30,31)18-11-6-10-17(14-18)20(27)23-24-21(28)19-12-7-13-26(22(19)29)15-16-8-4-3-5-9-16/h3-14H,15H2,1-2H3,(H,23,27)(H,24,28). The van der Waals surface area contributed by atoms with E-state index in [9.17, 15) is 22.8 Å². The highest BCUT2D eigenvalue weighted by Crippen LogP contribution is 2.14. The van der Waals surface area contributed by atoms with E-state index in [1.54, 1.807) is 12.3 Å². The second-order valence-corrected chi connectivity index (χ2v) is 9.22. The van der Waals surface area contributed by atoms with Gasteiger partial charge >= 0.3 is 0 Å². The Hall–Kier alpha value is -3.76. The van der Waals surface area contributed by atoms with E-state index in [4.69, 9.17) is 0 Å². The summed E-state index contributed by atoms with van der Waals surface area (Å²) in [6.45, 7) is 0.292. The first-order valence-electron chi connectivity index (χ1n) is 9.57.